The Bertz CT molecular complexity index is 1610. The summed E-state index contributed by atoms with van der Waals surface area (Å²) in [7, 11) is -3.88. The summed E-state index contributed by atoms with van der Waals surface area (Å²) in [5.74, 6) is 0.652. The first-order valence-corrected chi connectivity index (χ1v) is 23.7. The summed E-state index contributed by atoms with van der Waals surface area (Å²) in [6.07, 6.45) is 9.87. The molecule has 4 aliphatic rings. The Balaban J connectivity index is 1.49. The molecule has 0 saturated heterocycles. The highest BCUT2D eigenvalue weighted by Crippen LogP contribution is 2.80. The van der Waals surface area contributed by atoms with Crippen molar-refractivity contribution < 1.29 is 0 Å². The second-order valence-corrected chi connectivity index (χ2v) is 29.4. The highest BCUT2D eigenvalue weighted by molar-refractivity contribution is 6.96. The van der Waals surface area contributed by atoms with Crippen molar-refractivity contribution in [2.45, 2.75) is 146 Å². The fraction of sp³-hybridized carbons (Fsp3) is 0.556. The molecular formula is C45H62Si2. The SMILES string of the molecule is CC(C)[Si](c1ccccc1)(C(C)C)[C@H]1C[C@H]2c3ccccc3[C@@]34CC[C@]2(C1)C3=C[C@H]([Si](c1ccccc1)(C(C)C)C(C)C)CC4(C)C. The molecule has 250 valence electrons. The third kappa shape index (κ3) is 4.22. The maximum atomic E-state index is 3.05. The van der Waals surface area contributed by atoms with Crippen LogP contribution < -0.4 is 10.4 Å². The summed E-state index contributed by atoms with van der Waals surface area (Å²) in [6.45, 7) is 26.1. The lowest BCUT2D eigenvalue weighted by Crippen LogP contribution is -2.60. The van der Waals surface area contributed by atoms with Crippen molar-refractivity contribution in [2.75, 3.05) is 0 Å². The monoisotopic (exact) mass is 658 g/mol. The molecule has 5 atom stereocenters. The molecule has 2 bridgehead atoms. The normalized spacial score (nSPS) is 29.7. The molecule has 0 aromatic heterocycles. The van der Waals surface area contributed by atoms with Gasteiger partial charge in [-0.15, -0.1) is 0 Å². The number of rotatable bonds is 8. The zero-order valence-electron chi connectivity index (χ0n) is 31.2. The smallest absolute Gasteiger partial charge is 0.0830 e. The Kier molecular flexibility index (Phi) is 8.12. The number of hydrogen-bond donors (Lipinski definition) is 0. The van der Waals surface area contributed by atoms with E-state index in [0.29, 0.717) is 28.0 Å². The highest BCUT2D eigenvalue weighted by atomic mass is 28.3. The maximum absolute atomic E-state index is 3.05. The molecule has 47 heavy (non-hydrogen) atoms. The fourth-order valence-corrected chi connectivity index (χ4v) is 28.1. The minimum Gasteiger partial charge on any atom is -0.0830 e. The van der Waals surface area contributed by atoms with Crippen LogP contribution in [0.4, 0.5) is 0 Å². The lowest BCUT2D eigenvalue weighted by atomic mass is 9.48. The molecular weight excluding hydrogens is 597 g/mol. The lowest BCUT2D eigenvalue weighted by molar-refractivity contribution is 0.156. The van der Waals surface area contributed by atoms with Crippen molar-refractivity contribution in [3.8, 4) is 0 Å². The lowest BCUT2D eigenvalue weighted by Gasteiger charge is -2.60. The van der Waals surface area contributed by atoms with Crippen molar-refractivity contribution >= 4 is 26.5 Å². The van der Waals surface area contributed by atoms with Gasteiger partial charge in [-0.3, -0.25) is 0 Å². The van der Waals surface area contributed by atoms with Gasteiger partial charge in [0.1, 0.15) is 0 Å². The van der Waals surface area contributed by atoms with Gasteiger partial charge in [0.05, 0.1) is 16.1 Å². The van der Waals surface area contributed by atoms with E-state index in [-0.39, 0.29) is 10.8 Å². The summed E-state index contributed by atoms with van der Waals surface area (Å²) in [4.78, 5) is 0. The van der Waals surface area contributed by atoms with Crippen molar-refractivity contribution in [1.29, 1.82) is 0 Å². The standard InChI is InChI=1S/C45H62Si2/c1-31(2)46(32(3)4,35-19-13-11-14-20-35)37-27-41-39-23-17-18-24-40(39)45-26-25-44(41,30-37)42(45)28-38(29-43(45,9)10)47(33(5)6,34(7)8)36-21-15-12-16-22-36/h11-24,28,31-34,37-38,41H,25-27,29-30H2,1-10H3/t37-,38-,41-,44+,45-/m0/s1. The Hall–Kier alpha value is -2.17. The van der Waals surface area contributed by atoms with Gasteiger partial charge in [-0.25, -0.2) is 0 Å². The van der Waals surface area contributed by atoms with Crippen molar-refractivity contribution in [2.24, 2.45) is 10.8 Å². The van der Waals surface area contributed by atoms with Crippen molar-refractivity contribution in [3.05, 3.63) is 108 Å². The first kappa shape index (κ1) is 33.3. The molecule has 0 aliphatic heterocycles. The van der Waals surface area contributed by atoms with E-state index in [4.69, 9.17) is 0 Å². The molecule has 7 rings (SSSR count). The van der Waals surface area contributed by atoms with Crippen LogP contribution in [0, 0.1) is 10.8 Å². The summed E-state index contributed by atoms with van der Waals surface area (Å²) in [5, 5.41) is 3.41. The number of allylic oxidation sites excluding steroid dienone is 2. The molecule has 0 radical (unpaired) electrons. The summed E-state index contributed by atoms with van der Waals surface area (Å²) in [6, 6.07) is 33.8. The van der Waals surface area contributed by atoms with Gasteiger partial charge >= 0.3 is 0 Å². The van der Waals surface area contributed by atoms with E-state index in [9.17, 15) is 0 Å². The Labute approximate surface area is 289 Å². The van der Waals surface area contributed by atoms with Gasteiger partial charge < -0.3 is 0 Å². The molecule has 0 nitrogen and oxygen atoms in total. The van der Waals surface area contributed by atoms with E-state index in [1.807, 2.05) is 5.57 Å². The van der Waals surface area contributed by atoms with Gasteiger partial charge in [0.2, 0.25) is 0 Å². The summed E-state index contributed by atoms with van der Waals surface area (Å²) >= 11 is 0. The first-order chi connectivity index (χ1) is 22.3. The number of fused-ring (bicyclic) bond motifs is 2. The van der Waals surface area contributed by atoms with Crippen LogP contribution in [-0.4, -0.2) is 16.1 Å². The third-order valence-electron chi connectivity index (χ3n) is 15.4. The second-order valence-electron chi connectivity index (χ2n) is 18.3. The molecule has 3 aromatic carbocycles. The Morgan fingerprint density at radius 2 is 1.11 bits per heavy atom. The number of benzene rings is 3. The van der Waals surface area contributed by atoms with E-state index in [1.54, 1.807) is 21.5 Å². The molecule has 3 aromatic rings. The largest absolute Gasteiger partial charge is 0.0985 e. The summed E-state index contributed by atoms with van der Waals surface area (Å²) < 4.78 is 0. The maximum Gasteiger partial charge on any atom is 0.0985 e. The third-order valence-corrected chi connectivity index (χ3v) is 29.1. The minimum absolute atomic E-state index is 0.170. The van der Waals surface area contributed by atoms with Crippen molar-refractivity contribution in [3.63, 3.8) is 0 Å². The predicted octanol–water partition coefficient (Wildman–Crippen LogP) is 12.0. The summed E-state index contributed by atoms with van der Waals surface area (Å²) in [5.41, 5.74) is 10.3. The van der Waals surface area contributed by atoms with Gasteiger partial charge in [0.15, 0.2) is 0 Å². The van der Waals surface area contributed by atoms with Crippen LogP contribution in [0.25, 0.3) is 0 Å². The van der Waals surface area contributed by atoms with E-state index >= 15 is 0 Å². The van der Waals surface area contributed by atoms with Crippen molar-refractivity contribution in [1.82, 2.24) is 0 Å². The topological polar surface area (TPSA) is 0 Å². The first-order valence-electron chi connectivity index (χ1n) is 19.2. The van der Waals surface area contributed by atoms with Gasteiger partial charge in [-0.2, -0.15) is 0 Å². The van der Waals surface area contributed by atoms with E-state index in [0.717, 1.165) is 16.6 Å². The predicted molar refractivity (Wildman–Crippen MR) is 210 cm³/mol. The highest BCUT2D eigenvalue weighted by Gasteiger charge is 2.71. The average Bonchev–Trinajstić information content (AvgIpc) is 3.55. The quantitative estimate of drug-likeness (QED) is 0.167. The molecule has 0 heterocycles. The van der Waals surface area contributed by atoms with Crippen LogP contribution in [-0.2, 0) is 5.41 Å². The van der Waals surface area contributed by atoms with Crippen LogP contribution in [0.15, 0.2) is 96.6 Å². The molecule has 1 spiro atoms. The Morgan fingerprint density at radius 1 is 0.596 bits per heavy atom. The van der Waals surface area contributed by atoms with E-state index in [2.05, 4.69) is 160 Å². The average molecular weight is 659 g/mol. The molecule has 2 fully saturated rings. The zero-order valence-corrected chi connectivity index (χ0v) is 33.2. The molecule has 0 N–H and O–H groups in total. The molecule has 2 heteroatoms. The van der Waals surface area contributed by atoms with Gasteiger partial charge in [0.25, 0.3) is 0 Å². The van der Waals surface area contributed by atoms with Gasteiger partial charge in [-0.05, 0) is 93.2 Å². The van der Waals surface area contributed by atoms with Crippen LogP contribution in [0.5, 0.6) is 0 Å². The molecule has 0 amide bonds. The van der Waals surface area contributed by atoms with E-state index < -0.39 is 16.1 Å². The minimum atomic E-state index is -1.97. The van der Waals surface area contributed by atoms with Gasteiger partial charge in [-0.1, -0.05) is 176 Å². The van der Waals surface area contributed by atoms with Crippen LogP contribution in [0.1, 0.15) is 118 Å². The van der Waals surface area contributed by atoms with E-state index in [1.165, 1.54) is 32.1 Å². The van der Waals surface area contributed by atoms with Crippen LogP contribution in [0.3, 0.4) is 0 Å². The van der Waals surface area contributed by atoms with Crippen LogP contribution >= 0.6 is 0 Å². The molecule has 2 saturated carbocycles. The second kappa shape index (κ2) is 11.4. The Morgan fingerprint density at radius 3 is 1.66 bits per heavy atom. The number of hydrogen-bond acceptors (Lipinski definition) is 0. The van der Waals surface area contributed by atoms with Crippen LogP contribution in [0.2, 0.25) is 33.2 Å². The molecule has 4 aliphatic carbocycles. The fourth-order valence-electron chi connectivity index (χ4n) is 14.1. The van der Waals surface area contributed by atoms with Gasteiger partial charge in [0, 0.05) is 5.41 Å². The molecule has 0 unspecified atom stereocenters. The zero-order chi connectivity index (χ0) is 33.6.